The van der Waals surface area contributed by atoms with Crippen LogP contribution in [0.15, 0.2) is 48.5 Å². The number of carbonyl (C=O) groups is 3. The van der Waals surface area contributed by atoms with Crippen molar-refractivity contribution in [3.8, 4) is 5.75 Å². The molecule has 3 heterocycles. The molecule has 0 aliphatic carbocycles. The number of hydrogen-bond acceptors (Lipinski definition) is 4. The molecule has 31 heavy (non-hydrogen) atoms. The summed E-state index contributed by atoms with van der Waals surface area (Å²) in [4.78, 5) is 42.0. The minimum Gasteiger partial charge on any atom is -0.496 e. The van der Waals surface area contributed by atoms with Gasteiger partial charge in [-0.1, -0.05) is 50.2 Å². The molecule has 0 radical (unpaired) electrons. The number of methoxy groups -OCH3 is 1. The lowest BCUT2D eigenvalue weighted by Gasteiger charge is -2.27. The van der Waals surface area contributed by atoms with Crippen LogP contribution in [0.1, 0.15) is 25.0 Å². The number of para-hydroxylation sites is 2. The summed E-state index contributed by atoms with van der Waals surface area (Å²) in [7, 11) is 1.57. The number of hydrogen-bond donors (Lipinski definition) is 2. The second-order valence-corrected chi connectivity index (χ2v) is 8.93. The van der Waals surface area contributed by atoms with Crippen LogP contribution in [0.25, 0.3) is 0 Å². The van der Waals surface area contributed by atoms with Crippen molar-refractivity contribution in [3.63, 3.8) is 0 Å². The lowest BCUT2D eigenvalue weighted by molar-refractivity contribution is -0.738. The Labute approximate surface area is 180 Å². The number of quaternary nitrogens is 1. The van der Waals surface area contributed by atoms with Gasteiger partial charge >= 0.3 is 0 Å². The number of carbonyl (C=O) groups excluding carboxylic acids is 3. The third-order valence-electron chi connectivity index (χ3n) is 7.09. The number of benzene rings is 2. The zero-order valence-corrected chi connectivity index (χ0v) is 17.8. The quantitative estimate of drug-likeness (QED) is 0.728. The fourth-order valence-corrected chi connectivity index (χ4v) is 5.67. The second kappa shape index (κ2) is 6.92. The van der Waals surface area contributed by atoms with Gasteiger partial charge in [-0.05, 0) is 12.1 Å². The van der Waals surface area contributed by atoms with E-state index in [-0.39, 0.29) is 36.2 Å². The minimum atomic E-state index is -1.11. The first-order valence-corrected chi connectivity index (χ1v) is 10.6. The van der Waals surface area contributed by atoms with Crippen LogP contribution in [0.4, 0.5) is 5.69 Å². The van der Waals surface area contributed by atoms with E-state index in [1.807, 2.05) is 67.7 Å². The SMILES string of the molecule is COc1ccccc1CN1C(=O)[C@@H]2[C@@H](C(C)C)[NH2+][C@@]3(C(=O)Nc4ccccc43)[C@@H]2C1=O. The van der Waals surface area contributed by atoms with E-state index in [2.05, 4.69) is 5.32 Å². The first kappa shape index (κ1) is 19.8. The van der Waals surface area contributed by atoms with Crippen molar-refractivity contribution in [2.75, 3.05) is 12.4 Å². The Morgan fingerprint density at radius 3 is 2.52 bits per heavy atom. The highest BCUT2D eigenvalue weighted by molar-refractivity contribution is 6.13. The first-order valence-electron chi connectivity index (χ1n) is 10.6. The summed E-state index contributed by atoms with van der Waals surface area (Å²) in [5.41, 5.74) is 1.16. The molecule has 2 aromatic carbocycles. The van der Waals surface area contributed by atoms with E-state index in [4.69, 9.17) is 4.74 Å². The summed E-state index contributed by atoms with van der Waals surface area (Å²) in [5.74, 6) is -1.23. The van der Waals surface area contributed by atoms with Crippen LogP contribution < -0.4 is 15.4 Å². The van der Waals surface area contributed by atoms with Crippen LogP contribution in [0.5, 0.6) is 5.75 Å². The lowest BCUT2D eigenvalue weighted by atomic mass is 9.76. The Hall–Kier alpha value is -3.19. The molecule has 4 atom stereocenters. The van der Waals surface area contributed by atoms with Gasteiger partial charge in [0.25, 0.3) is 5.91 Å². The molecule has 160 valence electrons. The number of imide groups is 1. The fourth-order valence-electron chi connectivity index (χ4n) is 5.67. The number of nitrogens with zero attached hydrogens (tertiary/aromatic N) is 1. The van der Waals surface area contributed by atoms with Gasteiger partial charge in [-0.2, -0.15) is 0 Å². The lowest BCUT2D eigenvalue weighted by Crippen LogP contribution is -2.99. The second-order valence-electron chi connectivity index (χ2n) is 8.93. The molecule has 3 aliphatic heterocycles. The van der Waals surface area contributed by atoms with E-state index < -0.39 is 17.4 Å². The highest BCUT2D eigenvalue weighted by atomic mass is 16.5. The predicted molar refractivity (Wildman–Crippen MR) is 113 cm³/mol. The molecule has 0 aromatic heterocycles. The van der Waals surface area contributed by atoms with E-state index in [9.17, 15) is 14.4 Å². The number of anilines is 1. The van der Waals surface area contributed by atoms with Gasteiger partial charge < -0.3 is 15.4 Å². The average molecular weight is 420 g/mol. The summed E-state index contributed by atoms with van der Waals surface area (Å²) in [6.07, 6.45) is 0. The molecule has 2 saturated heterocycles. The van der Waals surface area contributed by atoms with E-state index in [1.54, 1.807) is 7.11 Å². The Bertz CT molecular complexity index is 1100. The van der Waals surface area contributed by atoms with Crippen LogP contribution in [-0.2, 0) is 26.5 Å². The number of likely N-dealkylation sites (tertiary alicyclic amines) is 1. The molecule has 3 amide bonds. The topological polar surface area (TPSA) is 92.3 Å². The third kappa shape index (κ3) is 2.59. The van der Waals surface area contributed by atoms with E-state index in [0.717, 1.165) is 16.8 Å². The summed E-state index contributed by atoms with van der Waals surface area (Å²) in [6.45, 7) is 4.21. The molecule has 3 aliphatic rings. The molecule has 0 bridgehead atoms. The van der Waals surface area contributed by atoms with Gasteiger partial charge in [0.15, 0.2) is 0 Å². The van der Waals surface area contributed by atoms with Gasteiger partial charge in [-0.15, -0.1) is 0 Å². The monoisotopic (exact) mass is 420 g/mol. The molecule has 1 spiro atoms. The van der Waals surface area contributed by atoms with Crippen molar-refractivity contribution >= 4 is 23.4 Å². The molecule has 0 saturated carbocycles. The number of amides is 3. The summed E-state index contributed by atoms with van der Waals surface area (Å²) < 4.78 is 5.42. The van der Waals surface area contributed by atoms with Gasteiger partial charge in [-0.25, -0.2) is 0 Å². The predicted octanol–water partition coefficient (Wildman–Crippen LogP) is 1.25. The maximum atomic E-state index is 13.8. The number of nitrogens with two attached hydrogens (primary N) is 1. The Balaban J connectivity index is 1.60. The van der Waals surface area contributed by atoms with E-state index in [0.29, 0.717) is 5.75 Å². The maximum Gasteiger partial charge on any atom is 0.291 e. The van der Waals surface area contributed by atoms with Gasteiger partial charge in [0.05, 0.1) is 19.3 Å². The molecular formula is C24H26N3O4+. The molecule has 5 rings (SSSR count). The largest absolute Gasteiger partial charge is 0.496 e. The van der Waals surface area contributed by atoms with Crippen molar-refractivity contribution in [1.29, 1.82) is 0 Å². The number of rotatable bonds is 4. The molecule has 2 aromatic rings. The molecular weight excluding hydrogens is 394 g/mol. The van der Waals surface area contributed by atoms with Gasteiger partial charge in [0.1, 0.15) is 23.6 Å². The molecule has 3 N–H and O–H groups in total. The smallest absolute Gasteiger partial charge is 0.291 e. The van der Waals surface area contributed by atoms with Crippen LogP contribution in [-0.4, -0.2) is 35.8 Å². The standard InChI is InChI=1S/C24H25N3O4/c1-13(2)20-18-19(24(26-20)15-9-5-6-10-16(15)25-23(24)30)22(29)27(21(18)28)12-14-8-4-7-11-17(14)31-3/h4-11,13,18-20,26H,12H2,1-3H3,(H,25,30)/p+1/t18-,19-,20+,24+/m0/s1. The van der Waals surface area contributed by atoms with Crippen molar-refractivity contribution in [3.05, 3.63) is 59.7 Å². The maximum absolute atomic E-state index is 13.8. The summed E-state index contributed by atoms with van der Waals surface area (Å²) >= 11 is 0. The number of ether oxygens (including phenoxy) is 1. The van der Waals surface area contributed by atoms with Crippen LogP contribution in [0, 0.1) is 17.8 Å². The van der Waals surface area contributed by atoms with Crippen molar-refractivity contribution in [1.82, 2.24) is 4.90 Å². The Kier molecular flexibility index (Phi) is 4.41. The highest BCUT2D eigenvalue weighted by Crippen LogP contribution is 2.50. The first-order chi connectivity index (χ1) is 14.9. The third-order valence-corrected chi connectivity index (χ3v) is 7.09. The van der Waals surface area contributed by atoms with Gasteiger partial charge in [-0.3, -0.25) is 19.3 Å². The summed E-state index contributed by atoms with van der Waals surface area (Å²) in [5, 5.41) is 4.92. The normalized spacial score (nSPS) is 29.0. The summed E-state index contributed by atoms with van der Waals surface area (Å²) in [6, 6.07) is 14.7. The fraction of sp³-hybridized carbons (Fsp3) is 0.375. The van der Waals surface area contributed by atoms with E-state index in [1.165, 1.54) is 4.90 Å². The zero-order chi connectivity index (χ0) is 21.9. The van der Waals surface area contributed by atoms with Crippen molar-refractivity contribution in [2.45, 2.75) is 32.0 Å². The Morgan fingerprint density at radius 1 is 1.06 bits per heavy atom. The highest BCUT2D eigenvalue weighted by Gasteiger charge is 2.74. The molecule has 7 heteroatoms. The van der Waals surface area contributed by atoms with Crippen LogP contribution in [0.3, 0.4) is 0 Å². The molecule has 7 nitrogen and oxygen atoms in total. The van der Waals surface area contributed by atoms with Crippen LogP contribution in [0.2, 0.25) is 0 Å². The van der Waals surface area contributed by atoms with Crippen molar-refractivity contribution < 1.29 is 24.4 Å². The minimum absolute atomic E-state index is 0.121. The van der Waals surface area contributed by atoms with Crippen molar-refractivity contribution in [2.24, 2.45) is 17.8 Å². The zero-order valence-electron chi connectivity index (χ0n) is 17.8. The van der Waals surface area contributed by atoms with E-state index >= 15 is 0 Å². The number of fused-ring (bicyclic) bond motifs is 4. The Morgan fingerprint density at radius 2 is 1.77 bits per heavy atom. The van der Waals surface area contributed by atoms with Gasteiger partial charge in [0, 0.05) is 17.0 Å². The number of nitrogens with one attached hydrogen (secondary N) is 1. The molecule has 2 fully saturated rings. The average Bonchev–Trinajstić information content (AvgIpc) is 3.35. The van der Waals surface area contributed by atoms with Gasteiger partial charge in [0.2, 0.25) is 17.4 Å². The van der Waals surface area contributed by atoms with Crippen LogP contribution >= 0.6 is 0 Å². The molecule has 0 unspecified atom stereocenters.